The van der Waals surface area contributed by atoms with Gasteiger partial charge in [-0.1, -0.05) is 11.6 Å². The second-order valence-corrected chi connectivity index (χ2v) is 4.95. The molecule has 2 atom stereocenters. The number of amides is 1. The van der Waals surface area contributed by atoms with E-state index in [0.717, 1.165) is 5.69 Å². The molecule has 19 heavy (non-hydrogen) atoms. The number of methoxy groups -OCH3 is 1. The SMILES string of the molecule is COC(C)C(C)Nc1cc2c(cc1Cl)NC(=O)CO2. The van der Waals surface area contributed by atoms with Crippen molar-refractivity contribution in [1.82, 2.24) is 0 Å². The Morgan fingerprint density at radius 2 is 2.21 bits per heavy atom. The van der Waals surface area contributed by atoms with Crippen molar-refractivity contribution in [3.05, 3.63) is 17.2 Å². The highest BCUT2D eigenvalue weighted by molar-refractivity contribution is 6.33. The fourth-order valence-corrected chi connectivity index (χ4v) is 2.00. The van der Waals surface area contributed by atoms with Crippen molar-refractivity contribution in [3.63, 3.8) is 0 Å². The lowest BCUT2D eigenvalue weighted by atomic mass is 10.1. The number of fused-ring (bicyclic) bond motifs is 1. The van der Waals surface area contributed by atoms with Gasteiger partial charge in [0.1, 0.15) is 5.75 Å². The predicted octanol–water partition coefficient (Wildman–Crippen LogP) is 2.51. The van der Waals surface area contributed by atoms with Crippen LogP contribution in [0.15, 0.2) is 12.1 Å². The molecule has 0 saturated carbocycles. The summed E-state index contributed by atoms with van der Waals surface area (Å²) in [6.07, 6.45) is 0.0488. The highest BCUT2D eigenvalue weighted by atomic mass is 35.5. The molecule has 6 heteroatoms. The molecular weight excluding hydrogens is 268 g/mol. The Labute approximate surface area is 117 Å². The molecule has 0 aliphatic carbocycles. The fourth-order valence-electron chi connectivity index (χ4n) is 1.78. The predicted molar refractivity (Wildman–Crippen MR) is 75.1 cm³/mol. The molecule has 1 aliphatic rings. The molecule has 2 N–H and O–H groups in total. The van der Waals surface area contributed by atoms with E-state index in [0.29, 0.717) is 16.5 Å². The summed E-state index contributed by atoms with van der Waals surface area (Å²) in [5.41, 5.74) is 1.35. The van der Waals surface area contributed by atoms with Gasteiger partial charge in [-0.25, -0.2) is 0 Å². The van der Waals surface area contributed by atoms with Crippen molar-refractivity contribution >= 4 is 28.9 Å². The average molecular weight is 285 g/mol. The summed E-state index contributed by atoms with van der Waals surface area (Å²) in [6, 6.07) is 3.56. The fraction of sp³-hybridized carbons (Fsp3) is 0.462. The Bertz CT molecular complexity index is 493. The largest absolute Gasteiger partial charge is 0.482 e. The maximum Gasteiger partial charge on any atom is 0.262 e. The second kappa shape index (κ2) is 5.67. The lowest BCUT2D eigenvalue weighted by molar-refractivity contribution is -0.118. The van der Waals surface area contributed by atoms with E-state index in [4.69, 9.17) is 21.1 Å². The summed E-state index contributed by atoms with van der Waals surface area (Å²) >= 11 is 6.19. The molecule has 5 nitrogen and oxygen atoms in total. The van der Waals surface area contributed by atoms with Gasteiger partial charge in [0.25, 0.3) is 5.91 Å². The minimum Gasteiger partial charge on any atom is -0.482 e. The first-order valence-corrected chi connectivity index (χ1v) is 6.44. The first-order valence-electron chi connectivity index (χ1n) is 6.06. The number of anilines is 2. The van der Waals surface area contributed by atoms with E-state index in [2.05, 4.69) is 10.6 Å². The number of ether oxygens (including phenoxy) is 2. The van der Waals surface area contributed by atoms with Crippen molar-refractivity contribution in [2.45, 2.75) is 26.0 Å². The zero-order valence-electron chi connectivity index (χ0n) is 11.1. The lowest BCUT2D eigenvalue weighted by Gasteiger charge is -2.24. The lowest BCUT2D eigenvalue weighted by Crippen LogP contribution is -2.30. The number of carbonyl (C=O) groups is 1. The summed E-state index contributed by atoms with van der Waals surface area (Å²) < 4.78 is 10.6. The van der Waals surface area contributed by atoms with Crippen molar-refractivity contribution in [2.75, 3.05) is 24.4 Å². The number of hydrogen-bond acceptors (Lipinski definition) is 4. The number of nitrogens with one attached hydrogen (secondary N) is 2. The molecule has 0 spiro atoms. The van der Waals surface area contributed by atoms with Gasteiger partial charge >= 0.3 is 0 Å². The van der Waals surface area contributed by atoms with Crippen molar-refractivity contribution < 1.29 is 14.3 Å². The van der Waals surface area contributed by atoms with E-state index in [1.165, 1.54) is 0 Å². The normalized spacial score (nSPS) is 16.9. The van der Waals surface area contributed by atoms with Crippen LogP contribution in [0.2, 0.25) is 5.02 Å². The summed E-state index contributed by atoms with van der Waals surface area (Å²) in [4.78, 5) is 11.2. The van der Waals surface area contributed by atoms with E-state index in [9.17, 15) is 4.79 Å². The number of benzene rings is 1. The maximum atomic E-state index is 11.2. The van der Waals surface area contributed by atoms with Crippen LogP contribution in [0, 0.1) is 0 Å². The van der Waals surface area contributed by atoms with E-state index < -0.39 is 0 Å². The second-order valence-electron chi connectivity index (χ2n) is 4.54. The molecule has 1 aliphatic heterocycles. The van der Waals surface area contributed by atoms with Crippen molar-refractivity contribution in [2.24, 2.45) is 0 Å². The van der Waals surface area contributed by atoms with E-state index in [1.807, 2.05) is 13.8 Å². The van der Waals surface area contributed by atoms with Crippen LogP contribution in [0.1, 0.15) is 13.8 Å². The molecule has 1 amide bonds. The molecule has 0 fully saturated rings. The van der Waals surface area contributed by atoms with Gasteiger partial charge in [0, 0.05) is 19.2 Å². The molecule has 2 rings (SSSR count). The highest BCUT2D eigenvalue weighted by Gasteiger charge is 2.19. The zero-order valence-corrected chi connectivity index (χ0v) is 11.9. The molecule has 2 unspecified atom stereocenters. The third-order valence-electron chi connectivity index (χ3n) is 3.16. The Hall–Kier alpha value is -1.46. The quantitative estimate of drug-likeness (QED) is 0.892. The van der Waals surface area contributed by atoms with Crippen LogP contribution in [0.3, 0.4) is 0 Å². The van der Waals surface area contributed by atoms with Crippen LogP contribution in [0.5, 0.6) is 5.75 Å². The molecular formula is C13H17ClN2O3. The van der Waals surface area contributed by atoms with Gasteiger partial charge in [0.2, 0.25) is 0 Å². The molecule has 1 aromatic carbocycles. The smallest absolute Gasteiger partial charge is 0.262 e. The average Bonchev–Trinajstić information content (AvgIpc) is 2.38. The van der Waals surface area contributed by atoms with Crippen molar-refractivity contribution in [3.8, 4) is 5.75 Å². The molecule has 104 valence electrons. The summed E-state index contributed by atoms with van der Waals surface area (Å²) in [5.74, 6) is 0.439. The molecule has 1 heterocycles. The van der Waals surface area contributed by atoms with Gasteiger partial charge in [-0.2, -0.15) is 0 Å². The van der Waals surface area contributed by atoms with E-state index in [1.54, 1.807) is 19.2 Å². The van der Waals surface area contributed by atoms with Crippen LogP contribution in [0.4, 0.5) is 11.4 Å². The number of rotatable bonds is 4. The minimum absolute atomic E-state index is 0.0259. The molecule has 0 saturated heterocycles. The van der Waals surface area contributed by atoms with E-state index >= 15 is 0 Å². The van der Waals surface area contributed by atoms with Crippen LogP contribution < -0.4 is 15.4 Å². The highest BCUT2D eigenvalue weighted by Crippen LogP contribution is 2.36. The van der Waals surface area contributed by atoms with Crippen LogP contribution in [0.25, 0.3) is 0 Å². The minimum atomic E-state index is -0.175. The van der Waals surface area contributed by atoms with Crippen molar-refractivity contribution in [1.29, 1.82) is 0 Å². The first-order chi connectivity index (χ1) is 9.01. The maximum absolute atomic E-state index is 11.2. The molecule has 0 bridgehead atoms. The van der Waals surface area contributed by atoms with Crippen LogP contribution in [-0.2, 0) is 9.53 Å². The summed E-state index contributed by atoms with van der Waals surface area (Å²) in [5, 5.41) is 6.51. The van der Waals surface area contributed by atoms with Gasteiger partial charge in [0.15, 0.2) is 6.61 Å². The van der Waals surface area contributed by atoms with Gasteiger partial charge in [-0.3, -0.25) is 4.79 Å². The number of hydrogen-bond donors (Lipinski definition) is 2. The standard InChI is InChI=1S/C13H17ClN2O3/c1-7(8(2)18-3)15-10-5-12-11(4-9(10)14)16-13(17)6-19-12/h4-5,7-8,15H,6H2,1-3H3,(H,16,17). The monoisotopic (exact) mass is 284 g/mol. The van der Waals surface area contributed by atoms with Crippen LogP contribution >= 0.6 is 11.6 Å². The molecule has 0 radical (unpaired) electrons. The Kier molecular flexibility index (Phi) is 4.17. The van der Waals surface area contributed by atoms with Gasteiger partial charge in [-0.15, -0.1) is 0 Å². The molecule has 0 aromatic heterocycles. The Balaban J connectivity index is 2.21. The Morgan fingerprint density at radius 3 is 2.89 bits per heavy atom. The molecule has 1 aromatic rings. The summed E-state index contributed by atoms with van der Waals surface area (Å²) in [7, 11) is 1.66. The van der Waals surface area contributed by atoms with Crippen LogP contribution in [-0.4, -0.2) is 31.8 Å². The zero-order chi connectivity index (χ0) is 14.0. The third-order valence-corrected chi connectivity index (χ3v) is 3.47. The number of carbonyl (C=O) groups excluding carboxylic acids is 1. The topological polar surface area (TPSA) is 59.6 Å². The van der Waals surface area contributed by atoms with Gasteiger partial charge in [0.05, 0.1) is 22.5 Å². The first kappa shape index (κ1) is 14.0. The Morgan fingerprint density at radius 1 is 1.47 bits per heavy atom. The van der Waals surface area contributed by atoms with Gasteiger partial charge in [-0.05, 0) is 19.9 Å². The van der Waals surface area contributed by atoms with Gasteiger partial charge < -0.3 is 20.1 Å². The summed E-state index contributed by atoms with van der Waals surface area (Å²) in [6.45, 7) is 4.01. The van der Waals surface area contributed by atoms with E-state index in [-0.39, 0.29) is 24.7 Å². The third kappa shape index (κ3) is 3.11. The number of halogens is 1.